The Morgan fingerprint density at radius 3 is 2.30 bits per heavy atom. The van der Waals surface area contributed by atoms with Crippen molar-refractivity contribution in [1.29, 1.82) is 0 Å². The highest BCUT2D eigenvalue weighted by molar-refractivity contribution is 6.34. The van der Waals surface area contributed by atoms with E-state index in [9.17, 15) is 14.4 Å². The standard InChI is InChI=1S/C33H22Cl2N2O3/c34-21-15-13-20(14-16-21)29(38)28-27(30(39)23-9-3-5-11-25(23)35)33(24-10-4-6-12-26(24)36-32(33)40)31-22-8-2-1-7-19(22)17-18-37(28)31/h1-18,27-28,31H,(H,36,40)/t27-,28+,31-,33-/m1/s1. The average molecular weight is 565 g/mol. The second kappa shape index (κ2) is 9.19. The van der Waals surface area contributed by atoms with Crippen molar-refractivity contribution in [2.45, 2.75) is 17.5 Å². The van der Waals surface area contributed by atoms with E-state index < -0.39 is 23.4 Å². The number of hydrogen-bond donors (Lipinski definition) is 1. The summed E-state index contributed by atoms with van der Waals surface area (Å²) in [5, 5.41) is 3.82. The molecular formula is C33H22Cl2N2O3. The Morgan fingerprint density at radius 1 is 0.800 bits per heavy atom. The maximum atomic E-state index is 14.8. The van der Waals surface area contributed by atoms with Gasteiger partial charge in [0.25, 0.3) is 0 Å². The van der Waals surface area contributed by atoms with Crippen LogP contribution in [-0.2, 0) is 10.2 Å². The number of ketones is 2. The molecule has 5 nitrogen and oxygen atoms in total. The van der Waals surface area contributed by atoms with Crippen LogP contribution in [0.4, 0.5) is 5.69 Å². The summed E-state index contributed by atoms with van der Waals surface area (Å²) in [6.07, 6.45) is 3.78. The molecule has 4 atom stereocenters. The molecule has 0 bridgehead atoms. The molecule has 1 amide bonds. The number of carbonyl (C=O) groups is 3. The lowest BCUT2D eigenvalue weighted by Crippen LogP contribution is -2.49. The summed E-state index contributed by atoms with van der Waals surface area (Å²) in [6, 6.07) is 27.0. The minimum Gasteiger partial charge on any atom is -0.358 e. The van der Waals surface area contributed by atoms with Crippen LogP contribution in [0.15, 0.2) is 103 Å². The second-order valence-corrected chi connectivity index (χ2v) is 11.1. The van der Waals surface area contributed by atoms with Gasteiger partial charge in [-0.25, -0.2) is 0 Å². The van der Waals surface area contributed by atoms with Crippen molar-refractivity contribution < 1.29 is 14.4 Å². The topological polar surface area (TPSA) is 66.5 Å². The first-order chi connectivity index (χ1) is 19.4. The molecule has 3 aliphatic heterocycles. The van der Waals surface area contributed by atoms with Crippen LogP contribution in [0.1, 0.15) is 43.4 Å². The van der Waals surface area contributed by atoms with Crippen LogP contribution in [0.3, 0.4) is 0 Å². The van der Waals surface area contributed by atoms with Gasteiger partial charge in [-0.15, -0.1) is 0 Å². The van der Waals surface area contributed by atoms with Gasteiger partial charge >= 0.3 is 0 Å². The molecule has 4 aromatic rings. The first kappa shape index (κ1) is 24.8. The molecule has 1 spiro atoms. The Kier molecular flexibility index (Phi) is 5.70. The number of anilines is 1. The fourth-order valence-corrected chi connectivity index (χ4v) is 7.14. The van der Waals surface area contributed by atoms with Crippen LogP contribution in [0, 0.1) is 5.92 Å². The van der Waals surface area contributed by atoms with Gasteiger partial charge in [0, 0.05) is 28.0 Å². The normalized spacial score (nSPS) is 23.9. The minimum atomic E-state index is -1.40. The fourth-order valence-electron chi connectivity index (χ4n) is 6.78. The maximum absolute atomic E-state index is 14.8. The van der Waals surface area contributed by atoms with Crippen LogP contribution in [-0.4, -0.2) is 28.4 Å². The van der Waals surface area contributed by atoms with E-state index in [-0.39, 0.29) is 28.1 Å². The number of benzene rings is 4. The molecule has 1 saturated heterocycles. The Morgan fingerprint density at radius 2 is 1.50 bits per heavy atom. The number of amides is 1. The number of halogens is 2. The smallest absolute Gasteiger partial charge is 0.238 e. The van der Waals surface area contributed by atoms with E-state index in [0.717, 1.165) is 11.1 Å². The second-order valence-electron chi connectivity index (χ2n) is 10.3. The molecule has 3 aliphatic rings. The Bertz CT molecular complexity index is 1750. The van der Waals surface area contributed by atoms with E-state index in [1.807, 2.05) is 65.7 Å². The Labute approximate surface area is 241 Å². The third-order valence-corrected chi connectivity index (χ3v) is 8.97. The van der Waals surface area contributed by atoms with E-state index in [4.69, 9.17) is 23.2 Å². The van der Waals surface area contributed by atoms with Crippen molar-refractivity contribution in [3.05, 3.63) is 141 Å². The molecule has 7 rings (SSSR count). The summed E-state index contributed by atoms with van der Waals surface area (Å²) in [6.45, 7) is 0. The maximum Gasteiger partial charge on any atom is 0.238 e. The predicted molar refractivity (Wildman–Crippen MR) is 156 cm³/mol. The predicted octanol–water partition coefficient (Wildman–Crippen LogP) is 6.98. The van der Waals surface area contributed by atoms with Gasteiger partial charge < -0.3 is 10.2 Å². The zero-order chi connectivity index (χ0) is 27.6. The molecule has 0 aromatic heterocycles. The molecular weight excluding hydrogens is 543 g/mol. The Hall–Kier alpha value is -4.19. The van der Waals surface area contributed by atoms with Gasteiger partial charge in [-0.2, -0.15) is 0 Å². The highest BCUT2D eigenvalue weighted by Gasteiger charge is 2.70. The van der Waals surface area contributed by atoms with Crippen molar-refractivity contribution in [2.75, 3.05) is 5.32 Å². The number of para-hydroxylation sites is 1. The van der Waals surface area contributed by atoms with E-state index in [1.54, 1.807) is 48.5 Å². The Balaban J connectivity index is 1.55. The van der Waals surface area contributed by atoms with Crippen molar-refractivity contribution in [3.8, 4) is 0 Å². The zero-order valence-corrected chi connectivity index (χ0v) is 22.6. The summed E-state index contributed by atoms with van der Waals surface area (Å²) in [5.41, 5.74) is 2.41. The summed E-state index contributed by atoms with van der Waals surface area (Å²) < 4.78 is 0. The molecule has 0 radical (unpaired) electrons. The number of nitrogens with one attached hydrogen (secondary N) is 1. The largest absolute Gasteiger partial charge is 0.358 e. The molecule has 3 heterocycles. The molecule has 0 aliphatic carbocycles. The van der Waals surface area contributed by atoms with Crippen molar-refractivity contribution in [3.63, 3.8) is 0 Å². The third-order valence-electron chi connectivity index (χ3n) is 8.39. The van der Waals surface area contributed by atoms with Crippen LogP contribution in [0.5, 0.6) is 0 Å². The molecule has 0 saturated carbocycles. The van der Waals surface area contributed by atoms with E-state index in [1.165, 1.54) is 0 Å². The van der Waals surface area contributed by atoms with Crippen molar-refractivity contribution in [1.82, 2.24) is 4.90 Å². The minimum absolute atomic E-state index is 0.271. The van der Waals surface area contributed by atoms with Gasteiger partial charge in [-0.1, -0.05) is 77.8 Å². The number of fused-ring (bicyclic) bond motifs is 6. The fraction of sp³-hybridized carbons (Fsp3) is 0.121. The molecule has 1 fully saturated rings. The van der Waals surface area contributed by atoms with Crippen molar-refractivity contribution in [2.24, 2.45) is 5.92 Å². The van der Waals surface area contributed by atoms with Gasteiger partial charge in [0.05, 0.1) is 17.0 Å². The highest BCUT2D eigenvalue weighted by Crippen LogP contribution is 2.62. The SMILES string of the molecule is O=C(c1ccc(Cl)cc1)[C@@H]1[C@H](C(=O)c2ccccc2Cl)[C@@]2(C(=O)Nc3ccccc32)[C@H]2c3ccccc3C=CN12. The van der Waals surface area contributed by atoms with E-state index >= 15 is 0 Å². The van der Waals surface area contributed by atoms with E-state index in [2.05, 4.69) is 5.32 Å². The van der Waals surface area contributed by atoms with Gasteiger partial charge in [0.15, 0.2) is 11.6 Å². The van der Waals surface area contributed by atoms with Gasteiger partial charge in [-0.05, 0) is 65.2 Å². The molecule has 0 unspecified atom stereocenters. The van der Waals surface area contributed by atoms with Crippen LogP contribution in [0.25, 0.3) is 6.08 Å². The summed E-state index contributed by atoms with van der Waals surface area (Å²) in [7, 11) is 0. The monoisotopic (exact) mass is 564 g/mol. The van der Waals surface area contributed by atoms with Crippen LogP contribution >= 0.6 is 23.2 Å². The lowest BCUT2D eigenvalue weighted by Gasteiger charge is -2.38. The number of hydrogen-bond acceptors (Lipinski definition) is 4. The molecule has 4 aromatic carbocycles. The lowest BCUT2D eigenvalue weighted by atomic mass is 9.62. The quantitative estimate of drug-likeness (QED) is 0.272. The third kappa shape index (κ3) is 3.38. The molecule has 196 valence electrons. The number of Topliss-reactive ketones (excluding diaryl/α,β-unsaturated/α-hetero) is 2. The summed E-state index contributed by atoms with van der Waals surface area (Å²) in [4.78, 5) is 45.6. The lowest BCUT2D eigenvalue weighted by molar-refractivity contribution is -0.122. The average Bonchev–Trinajstić information content (AvgIpc) is 3.45. The van der Waals surface area contributed by atoms with Gasteiger partial charge in [0.2, 0.25) is 5.91 Å². The van der Waals surface area contributed by atoms with Crippen LogP contribution in [0.2, 0.25) is 10.0 Å². The molecule has 1 N–H and O–H groups in total. The van der Waals surface area contributed by atoms with Gasteiger partial charge in [-0.3, -0.25) is 14.4 Å². The van der Waals surface area contributed by atoms with Crippen molar-refractivity contribution >= 4 is 52.4 Å². The summed E-state index contributed by atoms with van der Waals surface area (Å²) in [5.74, 6) is -2.03. The van der Waals surface area contributed by atoms with Crippen LogP contribution < -0.4 is 5.32 Å². The highest BCUT2D eigenvalue weighted by atomic mass is 35.5. The van der Waals surface area contributed by atoms with Gasteiger partial charge in [0.1, 0.15) is 11.5 Å². The molecule has 7 heteroatoms. The number of nitrogens with zero attached hydrogens (tertiary/aromatic N) is 1. The summed E-state index contributed by atoms with van der Waals surface area (Å²) >= 11 is 12.7. The first-order valence-corrected chi connectivity index (χ1v) is 13.7. The number of rotatable bonds is 4. The zero-order valence-electron chi connectivity index (χ0n) is 21.1. The van der Waals surface area contributed by atoms with E-state index in [0.29, 0.717) is 21.8 Å². The number of carbonyl (C=O) groups excluding carboxylic acids is 3. The molecule has 40 heavy (non-hydrogen) atoms. The first-order valence-electron chi connectivity index (χ1n) is 13.0.